The smallest absolute Gasteiger partial charge is 0.410 e. The predicted octanol–water partition coefficient (Wildman–Crippen LogP) is 4.53. The number of hydrogen-bond donors (Lipinski definition) is 1. The molecule has 0 spiro atoms. The van der Waals surface area contributed by atoms with Crippen LogP contribution >= 0.6 is 0 Å². The third-order valence-electron chi connectivity index (χ3n) is 7.59. The van der Waals surface area contributed by atoms with Gasteiger partial charge in [0.1, 0.15) is 18.0 Å². The van der Waals surface area contributed by atoms with Crippen LogP contribution in [0.4, 0.5) is 9.18 Å². The molecule has 6 nitrogen and oxygen atoms in total. The molecule has 6 rings (SSSR count). The number of hydrogen-bond acceptors (Lipinski definition) is 5. The van der Waals surface area contributed by atoms with Crippen molar-refractivity contribution < 1.29 is 23.8 Å². The first kappa shape index (κ1) is 22.2. The average Bonchev–Trinajstić information content (AvgIpc) is 3.15. The Morgan fingerprint density at radius 1 is 1.11 bits per heavy atom. The van der Waals surface area contributed by atoms with Crippen LogP contribution in [0.5, 0.6) is 0 Å². The van der Waals surface area contributed by atoms with E-state index in [2.05, 4.69) is 29.2 Å². The Labute approximate surface area is 203 Å². The van der Waals surface area contributed by atoms with Crippen LogP contribution in [0, 0.1) is 12.7 Å². The summed E-state index contributed by atoms with van der Waals surface area (Å²) in [7, 11) is 0. The summed E-state index contributed by atoms with van der Waals surface area (Å²) >= 11 is 0. The topological polar surface area (TPSA) is 71.9 Å². The molecule has 1 amide bonds. The van der Waals surface area contributed by atoms with Gasteiger partial charge in [-0.2, -0.15) is 0 Å². The Balaban J connectivity index is 1.21. The van der Waals surface area contributed by atoms with E-state index < -0.39 is 17.5 Å². The molecule has 2 bridgehead atoms. The fraction of sp³-hybridized carbons (Fsp3) is 0.357. The highest BCUT2D eigenvalue weighted by Gasteiger charge is 2.50. The average molecular weight is 475 g/mol. The van der Waals surface area contributed by atoms with Crippen molar-refractivity contribution in [3.8, 4) is 11.1 Å². The molecule has 7 heteroatoms. The van der Waals surface area contributed by atoms with Gasteiger partial charge in [-0.3, -0.25) is 9.88 Å². The van der Waals surface area contributed by atoms with Crippen LogP contribution in [-0.4, -0.2) is 53.0 Å². The van der Waals surface area contributed by atoms with Gasteiger partial charge in [-0.25, -0.2) is 9.18 Å². The summed E-state index contributed by atoms with van der Waals surface area (Å²) < 4.78 is 25.2. The van der Waals surface area contributed by atoms with Crippen LogP contribution in [0.2, 0.25) is 0 Å². The normalized spacial score (nSPS) is 25.2. The lowest BCUT2D eigenvalue weighted by Crippen LogP contribution is -2.63. The first-order chi connectivity index (χ1) is 16.9. The van der Waals surface area contributed by atoms with E-state index in [0.29, 0.717) is 24.5 Å². The largest absolute Gasteiger partial charge is 0.448 e. The molecule has 2 aromatic carbocycles. The van der Waals surface area contributed by atoms with Crippen molar-refractivity contribution in [3.63, 3.8) is 0 Å². The van der Waals surface area contributed by atoms with Gasteiger partial charge in [0.2, 0.25) is 0 Å². The van der Waals surface area contributed by atoms with Crippen molar-refractivity contribution in [1.29, 1.82) is 0 Å². The van der Waals surface area contributed by atoms with Gasteiger partial charge in [-0.1, -0.05) is 48.5 Å². The maximum absolute atomic E-state index is 13.6. The summed E-state index contributed by atoms with van der Waals surface area (Å²) in [6.45, 7) is 2.60. The van der Waals surface area contributed by atoms with Crippen LogP contribution in [0.15, 0.2) is 60.8 Å². The number of benzene rings is 2. The molecule has 0 saturated carbocycles. The van der Waals surface area contributed by atoms with Crippen LogP contribution in [-0.2, 0) is 15.1 Å². The van der Waals surface area contributed by atoms with Gasteiger partial charge in [0.25, 0.3) is 0 Å². The van der Waals surface area contributed by atoms with E-state index in [0.717, 1.165) is 17.3 Å². The molecular formula is C28H27FN2O4. The third kappa shape index (κ3) is 3.70. The summed E-state index contributed by atoms with van der Waals surface area (Å²) in [6.07, 6.45) is 1.25. The fourth-order valence-corrected chi connectivity index (χ4v) is 6.16. The molecule has 1 aromatic heterocycles. The minimum absolute atomic E-state index is 0.0183. The molecule has 3 aliphatic rings. The second-order valence-corrected chi connectivity index (χ2v) is 9.82. The van der Waals surface area contributed by atoms with Gasteiger partial charge in [0.15, 0.2) is 0 Å². The van der Waals surface area contributed by atoms with Crippen molar-refractivity contribution in [2.24, 2.45) is 0 Å². The second-order valence-electron chi connectivity index (χ2n) is 9.82. The molecule has 1 N–H and O–H groups in total. The number of morpholine rings is 1. The Morgan fingerprint density at radius 3 is 2.31 bits per heavy atom. The summed E-state index contributed by atoms with van der Waals surface area (Å²) in [5.74, 6) is -0.454. The number of pyridine rings is 1. The zero-order chi connectivity index (χ0) is 24.2. The predicted molar refractivity (Wildman–Crippen MR) is 127 cm³/mol. The lowest BCUT2D eigenvalue weighted by atomic mass is 9.78. The van der Waals surface area contributed by atoms with Crippen molar-refractivity contribution in [3.05, 3.63) is 89.0 Å². The minimum atomic E-state index is -1.25. The van der Waals surface area contributed by atoms with Gasteiger partial charge in [0, 0.05) is 18.8 Å². The minimum Gasteiger partial charge on any atom is -0.448 e. The molecule has 2 saturated heterocycles. The van der Waals surface area contributed by atoms with Crippen molar-refractivity contribution in [2.75, 3.05) is 19.8 Å². The Bertz CT molecular complexity index is 1240. The molecule has 2 atom stereocenters. The van der Waals surface area contributed by atoms with E-state index in [1.807, 2.05) is 24.3 Å². The molecule has 3 heterocycles. The molecule has 2 unspecified atom stereocenters. The standard InChI is InChI=1S/C28H27FN2O4/c1-17-10-18(29)13-30-26(17)28(33)11-19-14-34-15-20(12-28)31(19)27(32)35-16-25-23-8-4-2-6-21(23)22-7-3-5-9-24(22)25/h2-10,13,19-20,25,33H,11-12,14-16H2,1H3. The summed E-state index contributed by atoms with van der Waals surface area (Å²) in [5, 5.41) is 11.5. The molecular weight excluding hydrogens is 447 g/mol. The molecule has 0 radical (unpaired) electrons. The number of piperidine rings is 1. The number of fused-ring (bicyclic) bond motifs is 5. The monoisotopic (exact) mass is 474 g/mol. The molecule has 180 valence electrons. The number of aliphatic hydroxyl groups is 1. The SMILES string of the molecule is Cc1cc(F)cnc1C1(O)CC2COCC(C1)N2C(=O)OCC1c2ccccc2-c2ccccc21. The van der Waals surface area contributed by atoms with Gasteiger partial charge in [0.05, 0.1) is 37.2 Å². The number of carbonyl (C=O) groups is 1. The van der Waals surface area contributed by atoms with Gasteiger partial charge in [-0.15, -0.1) is 0 Å². The Morgan fingerprint density at radius 2 is 1.71 bits per heavy atom. The molecule has 2 fully saturated rings. The molecule has 35 heavy (non-hydrogen) atoms. The van der Waals surface area contributed by atoms with Crippen molar-refractivity contribution in [1.82, 2.24) is 9.88 Å². The van der Waals surface area contributed by atoms with E-state index in [-0.39, 0.29) is 37.5 Å². The zero-order valence-corrected chi connectivity index (χ0v) is 19.5. The Kier molecular flexibility index (Phi) is 5.34. The van der Waals surface area contributed by atoms with Gasteiger partial charge >= 0.3 is 6.09 Å². The van der Waals surface area contributed by atoms with E-state index in [1.54, 1.807) is 11.8 Å². The maximum Gasteiger partial charge on any atom is 0.410 e. The number of amides is 1. The Hall–Kier alpha value is -3.29. The highest BCUT2D eigenvalue weighted by atomic mass is 19.1. The first-order valence-corrected chi connectivity index (χ1v) is 12.0. The van der Waals surface area contributed by atoms with Crippen LogP contribution in [0.1, 0.15) is 41.1 Å². The highest BCUT2D eigenvalue weighted by Crippen LogP contribution is 2.45. The summed E-state index contributed by atoms with van der Waals surface area (Å²) in [6, 6.07) is 17.1. The van der Waals surface area contributed by atoms with Crippen LogP contribution in [0.3, 0.4) is 0 Å². The zero-order valence-electron chi connectivity index (χ0n) is 19.5. The number of aryl methyl sites for hydroxylation is 1. The number of carbonyl (C=O) groups excluding carboxylic acids is 1. The number of halogens is 1. The van der Waals surface area contributed by atoms with E-state index >= 15 is 0 Å². The lowest BCUT2D eigenvalue weighted by Gasteiger charge is -2.50. The van der Waals surface area contributed by atoms with Crippen LogP contribution < -0.4 is 0 Å². The number of rotatable bonds is 3. The number of aromatic nitrogens is 1. The maximum atomic E-state index is 13.6. The highest BCUT2D eigenvalue weighted by molar-refractivity contribution is 5.79. The summed E-state index contributed by atoms with van der Waals surface area (Å²) in [4.78, 5) is 19.3. The molecule has 2 aliphatic heterocycles. The van der Waals surface area contributed by atoms with E-state index in [1.165, 1.54) is 17.2 Å². The molecule has 3 aromatic rings. The second kappa shape index (κ2) is 8.43. The molecule has 1 aliphatic carbocycles. The number of ether oxygens (including phenoxy) is 2. The van der Waals surface area contributed by atoms with Gasteiger partial charge < -0.3 is 14.6 Å². The third-order valence-corrected chi connectivity index (χ3v) is 7.59. The van der Waals surface area contributed by atoms with Gasteiger partial charge in [-0.05, 0) is 40.8 Å². The van der Waals surface area contributed by atoms with E-state index in [4.69, 9.17) is 9.47 Å². The first-order valence-electron chi connectivity index (χ1n) is 12.0. The lowest BCUT2D eigenvalue weighted by molar-refractivity contribution is -0.138. The van der Waals surface area contributed by atoms with E-state index in [9.17, 15) is 14.3 Å². The number of nitrogens with zero attached hydrogens (tertiary/aromatic N) is 2. The van der Waals surface area contributed by atoms with Crippen molar-refractivity contribution >= 4 is 6.09 Å². The fourth-order valence-electron chi connectivity index (χ4n) is 6.16. The quantitative estimate of drug-likeness (QED) is 0.604. The van der Waals surface area contributed by atoms with Crippen molar-refractivity contribution in [2.45, 2.75) is 43.4 Å². The van der Waals surface area contributed by atoms with Crippen LogP contribution in [0.25, 0.3) is 11.1 Å². The summed E-state index contributed by atoms with van der Waals surface area (Å²) in [5.41, 5.74) is 4.49.